The van der Waals surface area contributed by atoms with Crippen molar-refractivity contribution in [1.29, 1.82) is 0 Å². The molecule has 0 aliphatic carbocycles. The number of aliphatic hydroxyl groups is 1. The van der Waals surface area contributed by atoms with Gasteiger partial charge in [0.05, 0.1) is 18.7 Å². The Balaban J connectivity index is 2.01. The summed E-state index contributed by atoms with van der Waals surface area (Å²) in [5.74, 6) is -0.256. The number of nitrogens with zero attached hydrogens (tertiary/aromatic N) is 1. The van der Waals surface area contributed by atoms with Gasteiger partial charge in [-0.1, -0.05) is 25.5 Å². The molecule has 2 atom stereocenters. The molecule has 2 unspecified atom stereocenters. The molecule has 1 amide bonds. The number of likely N-dealkylation sites (tertiary alicyclic amines) is 1. The van der Waals surface area contributed by atoms with E-state index >= 15 is 0 Å². The molecule has 2 N–H and O–H groups in total. The van der Waals surface area contributed by atoms with Crippen molar-refractivity contribution in [2.75, 3.05) is 13.2 Å². The van der Waals surface area contributed by atoms with Gasteiger partial charge < -0.3 is 10.4 Å². The summed E-state index contributed by atoms with van der Waals surface area (Å²) in [5.41, 5.74) is 1.01. The number of aliphatic hydroxyl groups excluding tert-OH is 1. The summed E-state index contributed by atoms with van der Waals surface area (Å²) < 4.78 is 13.0. The van der Waals surface area contributed by atoms with Crippen LogP contribution in [-0.4, -0.2) is 41.1 Å². The zero-order chi connectivity index (χ0) is 15.9. The SMILES string of the molecule is CCC(CO)NC(=O)C1CCCCN1Cc1ccc(F)cc1. The summed E-state index contributed by atoms with van der Waals surface area (Å²) in [4.78, 5) is 14.6. The van der Waals surface area contributed by atoms with Gasteiger partial charge in [-0.25, -0.2) is 4.39 Å². The van der Waals surface area contributed by atoms with Gasteiger partial charge in [-0.15, -0.1) is 0 Å². The fraction of sp³-hybridized carbons (Fsp3) is 0.588. The average molecular weight is 308 g/mol. The largest absolute Gasteiger partial charge is 0.394 e. The first-order chi connectivity index (χ1) is 10.6. The number of piperidine rings is 1. The van der Waals surface area contributed by atoms with Crippen molar-refractivity contribution < 1.29 is 14.3 Å². The van der Waals surface area contributed by atoms with E-state index in [1.807, 2.05) is 6.92 Å². The van der Waals surface area contributed by atoms with Crippen LogP contribution in [0.1, 0.15) is 38.2 Å². The van der Waals surface area contributed by atoms with Crippen LogP contribution in [-0.2, 0) is 11.3 Å². The predicted octanol–water partition coefficient (Wildman–Crippen LogP) is 2.07. The van der Waals surface area contributed by atoms with Gasteiger partial charge in [-0.3, -0.25) is 9.69 Å². The normalized spacial score (nSPS) is 20.6. The lowest BCUT2D eigenvalue weighted by Gasteiger charge is -2.35. The van der Waals surface area contributed by atoms with E-state index in [2.05, 4.69) is 10.2 Å². The third kappa shape index (κ3) is 4.52. The van der Waals surface area contributed by atoms with Crippen LogP contribution in [0.2, 0.25) is 0 Å². The van der Waals surface area contributed by atoms with E-state index in [0.717, 1.165) is 31.4 Å². The van der Waals surface area contributed by atoms with E-state index < -0.39 is 0 Å². The summed E-state index contributed by atoms with van der Waals surface area (Å²) in [7, 11) is 0. The van der Waals surface area contributed by atoms with Crippen LogP contribution < -0.4 is 5.32 Å². The van der Waals surface area contributed by atoms with E-state index in [1.165, 1.54) is 12.1 Å². The molecular weight excluding hydrogens is 283 g/mol. The van der Waals surface area contributed by atoms with Crippen molar-refractivity contribution in [3.05, 3.63) is 35.6 Å². The summed E-state index contributed by atoms with van der Waals surface area (Å²) >= 11 is 0. The van der Waals surface area contributed by atoms with Crippen LogP contribution >= 0.6 is 0 Å². The predicted molar refractivity (Wildman–Crippen MR) is 83.8 cm³/mol. The smallest absolute Gasteiger partial charge is 0.237 e. The van der Waals surface area contributed by atoms with Crippen molar-refractivity contribution in [3.63, 3.8) is 0 Å². The standard InChI is InChI=1S/C17H25FN2O2/c1-2-15(12-21)19-17(22)16-5-3-4-10-20(16)11-13-6-8-14(18)9-7-13/h6-9,15-16,21H,2-5,10-12H2,1H3,(H,19,22). The monoisotopic (exact) mass is 308 g/mol. The van der Waals surface area contributed by atoms with Crippen LogP contribution in [0.3, 0.4) is 0 Å². The van der Waals surface area contributed by atoms with Crippen molar-refractivity contribution in [1.82, 2.24) is 10.2 Å². The molecular formula is C17H25FN2O2. The second kappa shape index (κ2) is 8.25. The highest BCUT2D eigenvalue weighted by atomic mass is 19.1. The fourth-order valence-electron chi connectivity index (χ4n) is 2.88. The van der Waals surface area contributed by atoms with E-state index in [0.29, 0.717) is 13.0 Å². The molecule has 22 heavy (non-hydrogen) atoms. The highest BCUT2D eigenvalue weighted by Crippen LogP contribution is 2.20. The molecule has 1 aromatic carbocycles. The molecule has 1 aliphatic rings. The zero-order valence-corrected chi connectivity index (χ0v) is 13.1. The van der Waals surface area contributed by atoms with Crippen LogP contribution in [0.15, 0.2) is 24.3 Å². The average Bonchev–Trinajstić information content (AvgIpc) is 2.55. The number of carbonyl (C=O) groups is 1. The number of hydrogen-bond donors (Lipinski definition) is 2. The number of rotatable bonds is 6. The van der Waals surface area contributed by atoms with Crippen LogP contribution in [0.5, 0.6) is 0 Å². The Morgan fingerprint density at radius 3 is 2.77 bits per heavy atom. The van der Waals surface area contributed by atoms with Gasteiger partial charge in [0.15, 0.2) is 0 Å². The van der Waals surface area contributed by atoms with Crippen molar-refractivity contribution in [2.24, 2.45) is 0 Å². The lowest BCUT2D eigenvalue weighted by molar-refractivity contribution is -0.129. The summed E-state index contributed by atoms with van der Waals surface area (Å²) in [5, 5.41) is 12.2. The molecule has 1 saturated heterocycles. The summed E-state index contributed by atoms with van der Waals surface area (Å²) in [6.45, 7) is 3.42. The van der Waals surface area contributed by atoms with Gasteiger partial charge >= 0.3 is 0 Å². The second-order valence-electron chi connectivity index (χ2n) is 5.90. The Hall–Kier alpha value is -1.46. The number of carbonyl (C=O) groups excluding carboxylic acids is 1. The molecule has 0 aromatic heterocycles. The van der Waals surface area contributed by atoms with Gasteiger partial charge in [-0.2, -0.15) is 0 Å². The molecule has 1 aromatic rings. The topological polar surface area (TPSA) is 52.6 Å². The number of amides is 1. The quantitative estimate of drug-likeness (QED) is 0.846. The van der Waals surface area contributed by atoms with E-state index in [-0.39, 0.29) is 30.4 Å². The molecule has 1 aliphatic heterocycles. The maximum absolute atomic E-state index is 13.0. The highest BCUT2D eigenvalue weighted by molar-refractivity contribution is 5.82. The summed E-state index contributed by atoms with van der Waals surface area (Å²) in [6, 6.07) is 6.09. The van der Waals surface area contributed by atoms with Crippen molar-refractivity contribution in [2.45, 2.75) is 51.2 Å². The van der Waals surface area contributed by atoms with Gasteiger partial charge in [0.2, 0.25) is 5.91 Å². The Bertz CT molecular complexity index is 474. The lowest BCUT2D eigenvalue weighted by atomic mass is 10.00. The number of hydrogen-bond acceptors (Lipinski definition) is 3. The molecule has 5 heteroatoms. The summed E-state index contributed by atoms with van der Waals surface area (Å²) in [6.07, 6.45) is 3.65. The highest BCUT2D eigenvalue weighted by Gasteiger charge is 2.29. The van der Waals surface area contributed by atoms with Crippen LogP contribution in [0.4, 0.5) is 4.39 Å². The van der Waals surface area contributed by atoms with Crippen molar-refractivity contribution in [3.8, 4) is 0 Å². The first-order valence-corrected chi connectivity index (χ1v) is 8.03. The maximum Gasteiger partial charge on any atom is 0.237 e. The second-order valence-corrected chi connectivity index (χ2v) is 5.90. The molecule has 0 saturated carbocycles. The van der Waals surface area contributed by atoms with E-state index in [4.69, 9.17) is 0 Å². The van der Waals surface area contributed by atoms with E-state index in [9.17, 15) is 14.3 Å². The number of nitrogens with one attached hydrogen (secondary N) is 1. The molecule has 0 spiro atoms. The molecule has 1 fully saturated rings. The Kier molecular flexibility index (Phi) is 6.34. The molecule has 4 nitrogen and oxygen atoms in total. The third-order valence-electron chi connectivity index (χ3n) is 4.27. The minimum absolute atomic E-state index is 0.0114. The fourth-order valence-corrected chi connectivity index (χ4v) is 2.88. The van der Waals surface area contributed by atoms with Gasteiger partial charge in [0.25, 0.3) is 0 Å². The van der Waals surface area contributed by atoms with Gasteiger partial charge in [0.1, 0.15) is 5.82 Å². The molecule has 122 valence electrons. The maximum atomic E-state index is 13.0. The van der Waals surface area contributed by atoms with Gasteiger partial charge in [0, 0.05) is 6.54 Å². The van der Waals surface area contributed by atoms with Gasteiger partial charge in [-0.05, 0) is 43.5 Å². The minimum Gasteiger partial charge on any atom is -0.394 e. The van der Waals surface area contributed by atoms with Crippen molar-refractivity contribution >= 4 is 5.91 Å². The van der Waals surface area contributed by atoms with E-state index in [1.54, 1.807) is 12.1 Å². The molecule has 0 radical (unpaired) electrons. The lowest BCUT2D eigenvalue weighted by Crippen LogP contribution is -2.52. The Morgan fingerprint density at radius 1 is 1.41 bits per heavy atom. The molecule has 1 heterocycles. The number of benzene rings is 1. The first kappa shape index (κ1) is 16.9. The third-order valence-corrected chi connectivity index (χ3v) is 4.27. The minimum atomic E-state index is -0.245. The first-order valence-electron chi connectivity index (χ1n) is 8.03. The Morgan fingerprint density at radius 2 is 2.14 bits per heavy atom. The van der Waals surface area contributed by atoms with Crippen LogP contribution in [0.25, 0.3) is 0 Å². The van der Waals surface area contributed by atoms with Crippen LogP contribution in [0, 0.1) is 5.82 Å². The molecule has 0 bridgehead atoms. The Labute approximate surface area is 131 Å². The molecule has 2 rings (SSSR count). The zero-order valence-electron chi connectivity index (χ0n) is 13.1. The number of halogens is 1.